The number of carbonyl (C=O) groups is 1. The zero-order chi connectivity index (χ0) is 9.84. The fraction of sp³-hybridized carbons (Fsp3) is 0.500. The van der Waals surface area contributed by atoms with E-state index in [1.165, 1.54) is 13.3 Å². The summed E-state index contributed by atoms with van der Waals surface area (Å²) >= 11 is 5.66. The first-order valence-electron chi connectivity index (χ1n) is 3.89. The predicted molar refractivity (Wildman–Crippen MR) is 48.4 cm³/mol. The Morgan fingerprint density at radius 1 is 1.85 bits per heavy atom. The van der Waals surface area contributed by atoms with Crippen molar-refractivity contribution in [2.24, 2.45) is 5.92 Å². The fourth-order valence-electron chi connectivity index (χ4n) is 0.994. The first kappa shape index (κ1) is 10.1. The highest BCUT2D eigenvalue weighted by molar-refractivity contribution is 6.30. The zero-order valence-corrected chi connectivity index (χ0v) is 8.28. The Balaban J connectivity index is 2.54. The topological polar surface area (TPSA) is 44.1 Å². The second-order valence-electron chi connectivity index (χ2n) is 2.80. The Bertz CT molecular complexity index is 298. The first-order valence-corrected chi connectivity index (χ1v) is 4.27. The molecule has 1 rings (SSSR count). The van der Waals surface area contributed by atoms with E-state index < -0.39 is 0 Å². The van der Waals surface area contributed by atoms with Crippen molar-refractivity contribution in [3.8, 4) is 0 Å². The molecular weight excluding hydrogens is 192 g/mol. The third kappa shape index (κ3) is 2.73. The Morgan fingerprint density at radius 3 is 3.00 bits per heavy atom. The molecule has 0 radical (unpaired) electrons. The van der Waals surface area contributed by atoms with Crippen LogP contribution in [-0.4, -0.2) is 22.9 Å². The summed E-state index contributed by atoms with van der Waals surface area (Å²) in [5.41, 5.74) is 0. The molecule has 0 fully saturated rings. The number of carbonyl (C=O) groups excluding carboxylic acids is 1. The predicted octanol–water partition coefficient (Wildman–Crippen LogP) is 1.35. The van der Waals surface area contributed by atoms with Crippen LogP contribution in [0.15, 0.2) is 12.4 Å². The number of nitrogens with zero attached hydrogens (tertiary/aromatic N) is 2. The number of halogens is 1. The van der Waals surface area contributed by atoms with E-state index in [0.717, 1.165) is 0 Å². The smallest absolute Gasteiger partial charge is 0.310 e. The molecule has 1 atom stereocenters. The Hall–Kier alpha value is -1.03. The monoisotopic (exact) mass is 202 g/mol. The van der Waals surface area contributed by atoms with Gasteiger partial charge >= 0.3 is 5.97 Å². The van der Waals surface area contributed by atoms with Crippen LogP contribution >= 0.6 is 11.6 Å². The lowest BCUT2D eigenvalue weighted by atomic mass is 10.2. The van der Waals surface area contributed by atoms with Crippen molar-refractivity contribution in [3.05, 3.63) is 17.4 Å². The molecule has 72 valence electrons. The fourth-order valence-corrected chi connectivity index (χ4v) is 1.15. The second kappa shape index (κ2) is 4.28. The summed E-state index contributed by atoms with van der Waals surface area (Å²) in [5, 5.41) is 4.52. The van der Waals surface area contributed by atoms with Gasteiger partial charge in [-0.05, 0) is 0 Å². The molecule has 0 aliphatic heterocycles. The molecule has 0 spiro atoms. The average molecular weight is 203 g/mol. The Labute approximate surface area is 81.4 Å². The maximum atomic E-state index is 11.0. The second-order valence-corrected chi connectivity index (χ2v) is 3.24. The number of aromatic nitrogens is 2. The molecule has 0 aromatic carbocycles. The zero-order valence-electron chi connectivity index (χ0n) is 7.53. The molecule has 0 N–H and O–H groups in total. The number of ether oxygens (including phenoxy) is 1. The van der Waals surface area contributed by atoms with Crippen LogP contribution in [-0.2, 0) is 16.1 Å². The summed E-state index contributed by atoms with van der Waals surface area (Å²) < 4.78 is 6.19. The Kier molecular flexibility index (Phi) is 3.31. The van der Waals surface area contributed by atoms with Crippen molar-refractivity contribution >= 4 is 17.6 Å². The van der Waals surface area contributed by atoms with E-state index in [4.69, 9.17) is 11.6 Å². The average Bonchev–Trinajstić information content (AvgIpc) is 2.49. The van der Waals surface area contributed by atoms with Crippen molar-refractivity contribution in [1.82, 2.24) is 9.78 Å². The highest BCUT2D eigenvalue weighted by Gasteiger charge is 2.13. The van der Waals surface area contributed by atoms with Crippen molar-refractivity contribution < 1.29 is 9.53 Å². The summed E-state index contributed by atoms with van der Waals surface area (Å²) in [4.78, 5) is 11.0. The van der Waals surface area contributed by atoms with Gasteiger partial charge in [0.15, 0.2) is 0 Å². The third-order valence-electron chi connectivity index (χ3n) is 1.67. The van der Waals surface area contributed by atoms with Crippen LogP contribution in [0.4, 0.5) is 0 Å². The van der Waals surface area contributed by atoms with Gasteiger partial charge in [-0.1, -0.05) is 18.5 Å². The maximum Gasteiger partial charge on any atom is 0.310 e. The Morgan fingerprint density at radius 2 is 2.54 bits per heavy atom. The van der Waals surface area contributed by atoms with E-state index in [-0.39, 0.29) is 11.9 Å². The summed E-state index contributed by atoms with van der Waals surface area (Å²) in [5.74, 6) is -0.451. The highest BCUT2D eigenvalue weighted by Crippen LogP contribution is 2.07. The molecular formula is C8H11ClN2O2. The molecule has 1 heterocycles. The van der Waals surface area contributed by atoms with Crippen molar-refractivity contribution in [2.45, 2.75) is 13.5 Å². The van der Waals surface area contributed by atoms with E-state index >= 15 is 0 Å². The summed E-state index contributed by atoms with van der Waals surface area (Å²) in [7, 11) is 1.37. The van der Waals surface area contributed by atoms with Gasteiger partial charge in [-0.25, -0.2) is 0 Å². The summed E-state index contributed by atoms with van der Waals surface area (Å²) in [6.45, 7) is 2.26. The number of hydrogen-bond acceptors (Lipinski definition) is 3. The minimum Gasteiger partial charge on any atom is -0.469 e. The molecule has 13 heavy (non-hydrogen) atoms. The quantitative estimate of drug-likeness (QED) is 0.695. The van der Waals surface area contributed by atoms with E-state index in [1.807, 2.05) is 0 Å². The van der Waals surface area contributed by atoms with Crippen LogP contribution in [0.5, 0.6) is 0 Å². The van der Waals surface area contributed by atoms with Gasteiger partial charge < -0.3 is 4.74 Å². The SMILES string of the molecule is COC(=O)[C@H](C)Cn1cc(Cl)cn1. The van der Waals surface area contributed by atoms with Crippen LogP contribution in [0.3, 0.4) is 0 Å². The van der Waals surface area contributed by atoms with E-state index in [9.17, 15) is 4.79 Å². The van der Waals surface area contributed by atoms with Crippen LogP contribution < -0.4 is 0 Å². The molecule has 0 bridgehead atoms. The minimum atomic E-state index is -0.244. The van der Waals surface area contributed by atoms with Gasteiger partial charge in [0.25, 0.3) is 0 Å². The lowest BCUT2D eigenvalue weighted by Gasteiger charge is -2.08. The molecule has 0 amide bonds. The van der Waals surface area contributed by atoms with Gasteiger partial charge in [0, 0.05) is 6.20 Å². The van der Waals surface area contributed by atoms with Crippen LogP contribution in [0.1, 0.15) is 6.92 Å². The standard InChI is InChI=1S/C8H11ClN2O2/c1-6(8(12)13-2)4-11-5-7(9)3-10-11/h3,5-6H,4H2,1-2H3/t6-/m1/s1. The first-order chi connectivity index (χ1) is 6.13. The van der Waals surface area contributed by atoms with E-state index in [0.29, 0.717) is 11.6 Å². The van der Waals surface area contributed by atoms with Crippen LogP contribution in [0.25, 0.3) is 0 Å². The normalized spacial score (nSPS) is 12.5. The lowest BCUT2D eigenvalue weighted by Crippen LogP contribution is -2.18. The molecule has 0 saturated heterocycles. The van der Waals surface area contributed by atoms with Crippen LogP contribution in [0, 0.1) is 5.92 Å². The number of rotatable bonds is 3. The molecule has 0 unspecified atom stereocenters. The molecule has 0 aliphatic carbocycles. The van der Waals surface area contributed by atoms with Gasteiger partial charge in [0.1, 0.15) is 0 Å². The van der Waals surface area contributed by atoms with E-state index in [2.05, 4.69) is 9.84 Å². The lowest BCUT2D eigenvalue weighted by molar-refractivity contribution is -0.145. The summed E-state index contributed by atoms with van der Waals surface area (Å²) in [6.07, 6.45) is 3.20. The van der Waals surface area contributed by atoms with Crippen molar-refractivity contribution in [1.29, 1.82) is 0 Å². The largest absolute Gasteiger partial charge is 0.469 e. The van der Waals surface area contributed by atoms with Crippen molar-refractivity contribution in [3.63, 3.8) is 0 Å². The van der Waals surface area contributed by atoms with Crippen LogP contribution in [0.2, 0.25) is 5.02 Å². The molecule has 5 heteroatoms. The number of esters is 1. The molecule has 4 nitrogen and oxygen atoms in total. The van der Waals surface area contributed by atoms with E-state index in [1.54, 1.807) is 17.8 Å². The van der Waals surface area contributed by atoms with Gasteiger partial charge in [-0.2, -0.15) is 5.10 Å². The number of hydrogen-bond donors (Lipinski definition) is 0. The molecule has 0 saturated carbocycles. The van der Waals surface area contributed by atoms with Gasteiger partial charge in [-0.3, -0.25) is 9.48 Å². The molecule has 1 aromatic heterocycles. The highest BCUT2D eigenvalue weighted by atomic mass is 35.5. The summed E-state index contributed by atoms with van der Waals surface area (Å²) in [6, 6.07) is 0. The maximum absolute atomic E-state index is 11.0. The minimum absolute atomic E-state index is 0.207. The molecule has 1 aromatic rings. The van der Waals surface area contributed by atoms with Crippen molar-refractivity contribution in [2.75, 3.05) is 7.11 Å². The van der Waals surface area contributed by atoms with Gasteiger partial charge in [-0.15, -0.1) is 0 Å². The number of methoxy groups -OCH3 is 1. The van der Waals surface area contributed by atoms with Gasteiger partial charge in [0.2, 0.25) is 0 Å². The van der Waals surface area contributed by atoms with Gasteiger partial charge in [0.05, 0.1) is 30.8 Å². The molecule has 0 aliphatic rings. The third-order valence-corrected chi connectivity index (χ3v) is 1.86.